The van der Waals surface area contributed by atoms with Gasteiger partial charge in [0, 0.05) is 67.9 Å². The lowest BCUT2D eigenvalue weighted by Gasteiger charge is -2.24. The normalized spacial score (nSPS) is 13.1. The number of unbranched alkanes of at least 4 members (excludes halogenated alkanes) is 28. The van der Waals surface area contributed by atoms with Crippen molar-refractivity contribution in [1.29, 1.82) is 0 Å². The molecule has 0 saturated carbocycles. The second kappa shape index (κ2) is 51.1. The van der Waals surface area contributed by atoms with Crippen LogP contribution in [0.2, 0.25) is 0 Å². The van der Waals surface area contributed by atoms with Crippen LogP contribution in [0.4, 0.5) is 0 Å². The third kappa shape index (κ3) is 48.2. The van der Waals surface area contributed by atoms with Gasteiger partial charge in [-0.1, -0.05) is 212 Å². The number of nitrogens with one attached hydrogen (secondary N) is 3. The zero-order valence-electron chi connectivity index (χ0n) is 43.8. The third-order valence-electron chi connectivity index (χ3n) is 12.4. The summed E-state index contributed by atoms with van der Waals surface area (Å²) in [5, 5.41) is 9.84. The van der Waals surface area contributed by atoms with Crippen LogP contribution in [0.25, 0.3) is 0 Å². The molecular formula is C53H100N3O10S3-. The summed E-state index contributed by atoms with van der Waals surface area (Å²) in [6.07, 6.45) is 35.3. The van der Waals surface area contributed by atoms with Gasteiger partial charge in [0.15, 0.2) is 0 Å². The molecule has 406 valence electrons. The molecule has 0 aromatic rings. The fraction of sp³-hybridized carbons (Fsp3) is 0.906. The topological polar surface area (TPSA) is 197 Å². The summed E-state index contributed by atoms with van der Waals surface area (Å²) in [6.45, 7) is 6.73. The summed E-state index contributed by atoms with van der Waals surface area (Å²) < 4.78 is 56.1. The highest BCUT2D eigenvalue weighted by Gasteiger charge is 2.26. The molecule has 0 spiro atoms. The lowest BCUT2D eigenvalue weighted by Crippen LogP contribution is -2.53. The molecule has 0 radical (unpaired) electrons. The van der Waals surface area contributed by atoms with Crippen LogP contribution in [0, 0.1) is 5.92 Å². The molecule has 4 unspecified atom stereocenters. The van der Waals surface area contributed by atoms with Crippen molar-refractivity contribution in [2.45, 2.75) is 258 Å². The Morgan fingerprint density at radius 1 is 0.580 bits per heavy atom. The Labute approximate surface area is 429 Å². The van der Waals surface area contributed by atoms with Crippen LogP contribution in [-0.4, -0.2) is 102 Å². The van der Waals surface area contributed by atoms with E-state index >= 15 is 0 Å². The summed E-state index contributed by atoms with van der Waals surface area (Å²) in [4.78, 5) is 53.3. The third-order valence-corrected chi connectivity index (χ3v) is 14.6. The Kier molecular flexibility index (Phi) is 49.7. The number of thioether (sulfide) groups is 1. The first-order valence-electron chi connectivity index (χ1n) is 27.7. The van der Waals surface area contributed by atoms with Crippen LogP contribution >= 0.6 is 11.8 Å². The number of carbonyl (C=O) groups is 4. The number of ether oxygens (including phenoxy) is 2. The molecule has 0 aliphatic rings. The fourth-order valence-electron chi connectivity index (χ4n) is 8.19. The van der Waals surface area contributed by atoms with E-state index in [1.54, 1.807) is 0 Å². The minimum Gasteiger partial charge on any atom is -0.772 e. The Morgan fingerprint density at radius 2 is 1.01 bits per heavy atom. The first kappa shape index (κ1) is 67.1. The number of ketones is 1. The highest BCUT2D eigenvalue weighted by Crippen LogP contribution is 2.20. The maximum atomic E-state index is 13.9. The average Bonchev–Trinajstić information content (AvgIpc) is 3.31. The van der Waals surface area contributed by atoms with Crippen LogP contribution in [-0.2, 0) is 50.0 Å². The van der Waals surface area contributed by atoms with Gasteiger partial charge in [0.2, 0.25) is 16.2 Å². The molecule has 69 heavy (non-hydrogen) atoms. The SMILES string of the molecule is CCCCCCCCCCCCCCCC(=O)CC(CSCC(COC(=O)CCCCCCCCCCC)OC(=O)CCCCCCCCCCC)C(=O)NC(CNCCS(=O)[O-])NCC=S(=O)=O. The predicted octanol–water partition coefficient (Wildman–Crippen LogP) is 11.3. The van der Waals surface area contributed by atoms with Crippen LogP contribution < -0.4 is 16.0 Å². The van der Waals surface area contributed by atoms with E-state index in [9.17, 15) is 36.4 Å². The standard InChI is InChI=1S/C53H101N3O10S3/c1-4-7-10-13-16-19-20-21-22-25-26-29-32-35-48(57)42-47(53(60)56-50(55-39-41-69(63)64)43-54-38-40-68(61)62)45-67-46-49(66-52(59)37-34-31-28-24-18-15-12-9-6-3)44-65-51(58)36-33-30-27-23-17-14-11-8-5-2/h41,47,49-50,54-55H,4-40,42-46H2,1-3H3,(H,56,60)(H,61,62)/p-1. The minimum absolute atomic E-state index is 0.000112. The second-order valence-corrected chi connectivity index (χ2v) is 22.0. The molecular weight excluding hydrogens is 935 g/mol. The molecule has 0 aliphatic carbocycles. The number of hydrogen-bond acceptors (Lipinski definition) is 13. The molecule has 0 aromatic heterocycles. The average molecular weight is 1040 g/mol. The van der Waals surface area contributed by atoms with Crippen molar-refractivity contribution in [2.75, 3.05) is 43.5 Å². The van der Waals surface area contributed by atoms with E-state index in [1.165, 1.54) is 140 Å². The van der Waals surface area contributed by atoms with Crippen molar-refractivity contribution < 1.29 is 45.8 Å². The van der Waals surface area contributed by atoms with Gasteiger partial charge in [-0.15, -0.1) is 0 Å². The molecule has 16 heteroatoms. The van der Waals surface area contributed by atoms with Gasteiger partial charge >= 0.3 is 11.9 Å². The van der Waals surface area contributed by atoms with E-state index in [4.69, 9.17) is 9.47 Å². The van der Waals surface area contributed by atoms with Crippen LogP contribution in [0.5, 0.6) is 0 Å². The quantitative estimate of drug-likeness (QED) is 0.0171. The Bertz CT molecular complexity index is 1410. The smallest absolute Gasteiger partial charge is 0.306 e. The number of Topliss-reactive ketones (excluding diaryl/α,β-unsaturated/α-hetero) is 1. The van der Waals surface area contributed by atoms with Gasteiger partial charge in [0.25, 0.3) is 0 Å². The highest BCUT2D eigenvalue weighted by atomic mass is 32.2. The largest absolute Gasteiger partial charge is 0.772 e. The van der Waals surface area contributed by atoms with Gasteiger partial charge < -0.3 is 24.7 Å². The van der Waals surface area contributed by atoms with Crippen molar-refractivity contribution in [3.63, 3.8) is 0 Å². The van der Waals surface area contributed by atoms with Crippen molar-refractivity contribution in [2.24, 2.45) is 5.92 Å². The number of esters is 2. The van der Waals surface area contributed by atoms with E-state index < -0.39 is 45.5 Å². The van der Waals surface area contributed by atoms with Crippen LogP contribution in [0.1, 0.15) is 245 Å². The van der Waals surface area contributed by atoms with Gasteiger partial charge in [-0.25, -0.2) is 0 Å². The predicted molar refractivity (Wildman–Crippen MR) is 287 cm³/mol. The first-order valence-corrected chi connectivity index (χ1v) is 31.2. The molecule has 0 fully saturated rings. The second-order valence-electron chi connectivity index (χ2n) is 19.0. The zero-order chi connectivity index (χ0) is 50.8. The van der Waals surface area contributed by atoms with Gasteiger partial charge in [0.05, 0.1) is 12.1 Å². The molecule has 0 heterocycles. The molecule has 13 nitrogen and oxygen atoms in total. The Morgan fingerprint density at radius 3 is 1.46 bits per heavy atom. The Balaban J connectivity index is 5.61. The van der Waals surface area contributed by atoms with E-state index in [0.29, 0.717) is 12.8 Å². The van der Waals surface area contributed by atoms with Crippen molar-refractivity contribution in [3.05, 3.63) is 0 Å². The molecule has 0 aliphatic heterocycles. The highest BCUT2D eigenvalue weighted by molar-refractivity contribution is 7.99. The number of amides is 1. The molecule has 0 rings (SSSR count). The van der Waals surface area contributed by atoms with E-state index in [-0.39, 0.29) is 74.1 Å². The maximum absolute atomic E-state index is 13.9. The first-order chi connectivity index (χ1) is 33.5. The number of carbonyl (C=O) groups excluding carboxylic acids is 4. The van der Waals surface area contributed by atoms with Crippen molar-refractivity contribution >= 4 is 62.1 Å². The van der Waals surface area contributed by atoms with E-state index in [0.717, 1.165) is 76.0 Å². The lowest BCUT2D eigenvalue weighted by molar-refractivity contribution is -0.157. The summed E-state index contributed by atoms with van der Waals surface area (Å²) in [5.41, 5.74) is 0. The molecule has 4 atom stereocenters. The van der Waals surface area contributed by atoms with Crippen molar-refractivity contribution in [3.8, 4) is 0 Å². The van der Waals surface area contributed by atoms with E-state index in [2.05, 4.69) is 36.7 Å². The van der Waals surface area contributed by atoms with Gasteiger partial charge in [-0.05, 0) is 19.3 Å². The monoisotopic (exact) mass is 1030 g/mol. The minimum atomic E-state index is -2.43. The van der Waals surface area contributed by atoms with Crippen LogP contribution in [0.3, 0.4) is 0 Å². The Hall–Kier alpha value is -1.85. The lowest BCUT2D eigenvalue weighted by atomic mass is 9.99. The molecule has 0 bridgehead atoms. The number of rotatable bonds is 53. The van der Waals surface area contributed by atoms with E-state index in [1.807, 2.05) is 0 Å². The van der Waals surface area contributed by atoms with Gasteiger partial charge in [-0.3, -0.25) is 28.7 Å². The summed E-state index contributed by atoms with van der Waals surface area (Å²) in [5.74, 6) is -1.53. The fourth-order valence-corrected chi connectivity index (χ4v) is 9.85. The van der Waals surface area contributed by atoms with Gasteiger partial charge in [-0.2, -0.15) is 20.2 Å². The zero-order valence-corrected chi connectivity index (χ0v) is 46.3. The van der Waals surface area contributed by atoms with Crippen molar-refractivity contribution in [1.82, 2.24) is 16.0 Å². The maximum Gasteiger partial charge on any atom is 0.306 e. The summed E-state index contributed by atoms with van der Waals surface area (Å²) >= 11 is -0.901. The molecule has 0 aromatic carbocycles. The summed E-state index contributed by atoms with van der Waals surface area (Å²) in [6, 6.07) is 0. The molecule has 1 amide bonds. The summed E-state index contributed by atoms with van der Waals surface area (Å²) in [7, 11) is -2.43. The van der Waals surface area contributed by atoms with Crippen LogP contribution in [0.15, 0.2) is 0 Å². The molecule has 3 N–H and O–H groups in total. The number of hydrogen-bond donors (Lipinski definition) is 3. The molecule has 0 saturated heterocycles. The van der Waals surface area contributed by atoms with Gasteiger partial charge in [0.1, 0.15) is 18.5 Å².